The Morgan fingerprint density at radius 2 is 1.68 bits per heavy atom. The van der Waals surface area contributed by atoms with Gasteiger partial charge in [-0.1, -0.05) is 0 Å². The zero-order valence-electron chi connectivity index (χ0n) is 20.5. The van der Waals surface area contributed by atoms with Gasteiger partial charge >= 0.3 is 18.7 Å². The van der Waals surface area contributed by atoms with Gasteiger partial charge in [0.25, 0.3) is 5.91 Å². The second-order valence-electron chi connectivity index (χ2n) is 10.5. The lowest BCUT2D eigenvalue weighted by Gasteiger charge is -2.28. The number of primary amides is 1. The molecule has 228 valence electrons. The van der Waals surface area contributed by atoms with Crippen molar-refractivity contribution in [1.82, 2.24) is 10.2 Å². The molecule has 0 aromatic carbocycles. The van der Waals surface area contributed by atoms with Crippen LogP contribution < -0.4 is 11.1 Å². The molecule has 0 bridgehead atoms. The lowest BCUT2D eigenvalue weighted by atomic mass is 9.83. The van der Waals surface area contributed by atoms with E-state index in [4.69, 9.17) is 5.73 Å². The monoisotopic (exact) mass is 599 g/mol. The fourth-order valence-electron chi connectivity index (χ4n) is 5.78. The van der Waals surface area contributed by atoms with Crippen molar-refractivity contribution in [3.8, 4) is 0 Å². The number of ether oxygens (including phenoxy) is 1. The zero-order chi connectivity index (χ0) is 30.4. The molecule has 3 fully saturated rings. The summed E-state index contributed by atoms with van der Waals surface area (Å²) in [6.45, 7) is -1.63. The highest BCUT2D eigenvalue weighted by molar-refractivity contribution is 5.90. The van der Waals surface area contributed by atoms with Crippen molar-refractivity contribution < 1.29 is 68.5 Å². The standard InChI is InChI=1S/C22H26F9N3O6/c23-20(24,25)15(21(26,27)28)4-13(35)18(39)34-8-19(6-12(34)16(32)37)5-11(19)10(3-9-1-2-33-17(9)38)14(36)7-40-22(29,30)31/h9-13,15,35H,1-8H2,(H2,32,37)(H,33,38)/t9-,10+,11?,12?,13-,19?/m1/s1. The lowest BCUT2D eigenvalue weighted by Crippen LogP contribution is -2.49. The molecule has 6 atom stereocenters. The summed E-state index contributed by atoms with van der Waals surface area (Å²) in [5, 5.41) is 12.5. The molecule has 3 rings (SSSR count). The molecule has 2 heterocycles. The number of ketones is 1. The molecule has 4 N–H and O–H groups in total. The number of nitrogens with one attached hydrogen (secondary N) is 1. The summed E-state index contributed by atoms with van der Waals surface area (Å²) in [5.74, 6) is -11.0. The number of aliphatic hydroxyl groups is 1. The molecule has 2 saturated heterocycles. The van der Waals surface area contributed by atoms with E-state index in [-0.39, 0.29) is 32.2 Å². The second-order valence-corrected chi connectivity index (χ2v) is 10.5. The summed E-state index contributed by atoms with van der Waals surface area (Å²) in [5.41, 5.74) is 4.15. The Kier molecular flexibility index (Phi) is 8.76. The number of carbonyl (C=O) groups is 4. The van der Waals surface area contributed by atoms with Gasteiger partial charge in [0.05, 0.1) is 0 Å². The van der Waals surface area contributed by atoms with Gasteiger partial charge in [-0.05, 0) is 37.0 Å². The third-order valence-corrected chi connectivity index (χ3v) is 7.84. The van der Waals surface area contributed by atoms with Crippen LogP contribution in [0.1, 0.15) is 32.1 Å². The number of hydrogen-bond donors (Lipinski definition) is 3. The number of hydrogen-bond acceptors (Lipinski definition) is 6. The fraction of sp³-hybridized carbons (Fsp3) is 0.818. The Hall–Kier alpha value is -2.63. The molecular weight excluding hydrogens is 573 g/mol. The van der Waals surface area contributed by atoms with Gasteiger partial charge in [-0.25, -0.2) is 0 Å². The van der Waals surface area contributed by atoms with Crippen LogP contribution in [0, 0.1) is 29.1 Å². The number of rotatable bonds is 10. The van der Waals surface area contributed by atoms with E-state index in [0.29, 0.717) is 4.90 Å². The molecule has 3 amide bonds. The molecule has 3 aliphatic rings. The lowest BCUT2D eigenvalue weighted by molar-refractivity contribution is -0.321. The third kappa shape index (κ3) is 7.16. The summed E-state index contributed by atoms with van der Waals surface area (Å²) >= 11 is 0. The number of nitrogens with two attached hydrogens (primary N) is 1. The summed E-state index contributed by atoms with van der Waals surface area (Å²) in [6.07, 6.45) is -21.9. The highest BCUT2D eigenvalue weighted by Gasteiger charge is 2.66. The number of halogens is 9. The number of amides is 3. The SMILES string of the molecule is NC(=O)C1CC2(CC2[C@H](C[C@H]2CCNC2=O)C(=O)COC(F)(F)F)CN1C(=O)[C@H](O)CC(C(F)(F)F)C(F)(F)F. The number of carbonyl (C=O) groups excluding carboxylic acids is 4. The summed E-state index contributed by atoms with van der Waals surface area (Å²) in [7, 11) is 0. The van der Waals surface area contributed by atoms with Crippen molar-refractivity contribution >= 4 is 23.5 Å². The van der Waals surface area contributed by atoms with Crippen molar-refractivity contribution in [2.45, 2.75) is 63.0 Å². The first-order valence-electron chi connectivity index (χ1n) is 12.1. The zero-order valence-corrected chi connectivity index (χ0v) is 20.5. The minimum absolute atomic E-state index is 0.0289. The minimum atomic E-state index is -5.84. The average molecular weight is 599 g/mol. The number of likely N-dealkylation sites (tertiary alicyclic amines) is 1. The van der Waals surface area contributed by atoms with Gasteiger partial charge < -0.3 is 21.1 Å². The van der Waals surface area contributed by atoms with E-state index in [1.54, 1.807) is 0 Å². The second kappa shape index (κ2) is 11.0. The van der Waals surface area contributed by atoms with E-state index < -0.39 is 103 Å². The Morgan fingerprint density at radius 3 is 2.15 bits per heavy atom. The van der Waals surface area contributed by atoms with Crippen LogP contribution in [0.2, 0.25) is 0 Å². The van der Waals surface area contributed by atoms with Gasteiger partial charge in [-0.2, -0.15) is 26.3 Å². The maximum atomic E-state index is 12.9. The van der Waals surface area contributed by atoms with Crippen LogP contribution in [-0.2, 0) is 23.9 Å². The van der Waals surface area contributed by atoms with Crippen molar-refractivity contribution in [2.24, 2.45) is 34.8 Å². The van der Waals surface area contributed by atoms with Gasteiger partial charge in [0.1, 0.15) is 18.8 Å². The van der Waals surface area contributed by atoms with Gasteiger partial charge in [-0.15, -0.1) is 13.2 Å². The predicted molar refractivity (Wildman–Crippen MR) is 112 cm³/mol. The van der Waals surface area contributed by atoms with Crippen LogP contribution in [0.25, 0.3) is 0 Å². The van der Waals surface area contributed by atoms with Gasteiger partial charge in [0, 0.05) is 31.3 Å². The average Bonchev–Trinajstić information content (AvgIpc) is 3.11. The van der Waals surface area contributed by atoms with Crippen LogP contribution in [-0.4, -0.2) is 84.1 Å². The molecular formula is C22H26F9N3O6. The van der Waals surface area contributed by atoms with Crippen LogP contribution in [0.15, 0.2) is 0 Å². The van der Waals surface area contributed by atoms with Gasteiger partial charge in [-0.3, -0.25) is 23.9 Å². The fourth-order valence-corrected chi connectivity index (χ4v) is 5.78. The Labute approximate surface area is 220 Å². The Balaban J connectivity index is 1.80. The van der Waals surface area contributed by atoms with Crippen molar-refractivity contribution in [3.63, 3.8) is 0 Å². The highest BCUT2D eigenvalue weighted by Crippen LogP contribution is 2.64. The molecule has 40 heavy (non-hydrogen) atoms. The van der Waals surface area contributed by atoms with E-state index >= 15 is 0 Å². The van der Waals surface area contributed by atoms with E-state index in [9.17, 15) is 63.8 Å². The topological polar surface area (TPSA) is 139 Å². The molecule has 1 saturated carbocycles. The van der Waals surface area contributed by atoms with E-state index in [1.165, 1.54) is 0 Å². The molecule has 0 radical (unpaired) electrons. The van der Waals surface area contributed by atoms with Crippen molar-refractivity contribution in [2.75, 3.05) is 19.7 Å². The summed E-state index contributed by atoms with van der Waals surface area (Å²) in [6, 6.07) is -1.57. The van der Waals surface area contributed by atoms with E-state index in [1.807, 2.05) is 0 Å². The molecule has 9 nitrogen and oxygen atoms in total. The van der Waals surface area contributed by atoms with E-state index in [0.717, 1.165) is 0 Å². The highest BCUT2D eigenvalue weighted by atomic mass is 19.4. The number of alkyl halides is 9. The van der Waals surface area contributed by atoms with E-state index in [2.05, 4.69) is 10.1 Å². The number of nitrogens with zero attached hydrogens (tertiary/aromatic N) is 1. The molecule has 1 spiro atoms. The van der Waals surface area contributed by atoms with Crippen LogP contribution in [0.4, 0.5) is 39.5 Å². The maximum absolute atomic E-state index is 12.9. The first kappa shape index (κ1) is 31.9. The molecule has 3 unspecified atom stereocenters. The van der Waals surface area contributed by atoms with Crippen LogP contribution in [0.3, 0.4) is 0 Å². The smallest absolute Gasteiger partial charge is 0.383 e. The van der Waals surface area contributed by atoms with Crippen molar-refractivity contribution in [1.29, 1.82) is 0 Å². The third-order valence-electron chi connectivity index (χ3n) is 7.84. The van der Waals surface area contributed by atoms with Crippen LogP contribution in [0.5, 0.6) is 0 Å². The normalized spacial score (nSPS) is 28.6. The van der Waals surface area contributed by atoms with Crippen LogP contribution >= 0.6 is 0 Å². The first-order chi connectivity index (χ1) is 18.2. The largest absolute Gasteiger partial charge is 0.522 e. The number of aliphatic hydroxyl groups excluding tert-OH is 1. The summed E-state index contributed by atoms with van der Waals surface area (Å²) in [4.78, 5) is 50.2. The quantitative estimate of drug-likeness (QED) is 0.328. The Morgan fingerprint density at radius 1 is 1.07 bits per heavy atom. The predicted octanol–water partition coefficient (Wildman–Crippen LogP) is 1.82. The van der Waals surface area contributed by atoms with Gasteiger partial charge in [0.2, 0.25) is 11.8 Å². The Bertz CT molecular complexity index is 1000. The minimum Gasteiger partial charge on any atom is -0.383 e. The molecule has 2 aliphatic heterocycles. The molecule has 18 heteroatoms. The first-order valence-corrected chi connectivity index (χ1v) is 12.1. The molecule has 0 aromatic heterocycles. The number of Topliss-reactive ketones (excluding diaryl/α,β-unsaturated/α-hetero) is 1. The molecule has 1 aliphatic carbocycles. The molecule has 0 aromatic rings. The van der Waals surface area contributed by atoms with Crippen molar-refractivity contribution in [3.05, 3.63) is 0 Å². The maximum Gasteiger partial charge on any atom is 0.522 e. The van der Waals surface area contributed by atoms with Gasteiger partial charge in [0.15, 0.2) is 11.7 Å². The summed E-state index contributed by atoms with van der Waals surface area (Å²) < 4.78 is 119.